The summed E-state index contributed by atoms with van der Waals surface area (Å²) in [5.74, 6) is 0.230. The number of nitrogens with one attached hydrogen (secondary N) is 1. The predicted octanol–water partition coefficient (Wildman–Crippen LogP) is 1.62. The Morgan fingerprint density at radius 1 is 1.00 bits per heavy atom. The van der Waals surface area contributed by atoms with E-state index < -0.39 is 11.5 Å². The quantitative estimate of drug-likeness (QED) is 0.411. The van der Waals surface area contributed by atoms with Crippen LogP contribution in [0.2, 0.25) is 0 Å². The third-order valence-corrected chi connectivity index (χ3v) is 9.68. The van der Waals surface area contributed by atoms with Crippen molar-refractivity contribution in [3.8, 4) is 0 Å². The Hall–Kier alpha value is -1.75. The molecule has 4 rings (SSSR count). The number of hydrogen-bond acceptors (Lipinski definition) is 7. The lowest BCUT2D eigenvalue weighted by molar-refractivity contribution is -0.143. The number of epoxide rings is 1. The first-order valence-corrected chi connectivity index (χ1v) is 15.5. The fourth-order valence-electron chi connectivity index (χ4n) is 7.05. The molecule has 6 unspecified atom stereocenters. The van der Waals surface area contributed by atoms with Crippen LogP contribution in [0.25, 0.3) is 0 Å². The Morgan fingerprint density at radius 3 is 2.25 bits per heavy atom. The fourth-order valence-corrected chi connectivity index (χ4v) is 7.05. The minimum absolute atomic E-state index is 0.0357. The molecule has 10 nitrogen and oxygen atoms in total. The molecule has 4 heterocycles. The second kappa shape index (κ2) is 12.6. The van der Waals surface area contributed by atoms with Gasteiger partial charge < -0.3 is 25.6 Å². The van der Waals surface area contributed by atoms with Crippen LogP contribution in [0.5, 0.6) is 0 Å². The highest BCUT2D eigenvalue weighted by Crippen LogP contribution is 2.34. The number of carbonyl (C=O) groups is 3. The lowest BCUT2D eigenvalue weighted by Crippen LogP contribution is -2.61. The van der Waals surface area contributed by atoms with Crippen LogP contribution in [0.1, 0.15) is 79.6 Å². The average molecular weight is 563 g/mol. The van der Waals surface area contributed by atoms with E-state index in [9.17, 15) is 14.4 Å². The smallest absolute Gasteiger partial charge is 0.245 e. The normalized spacial score (nSPS) is 31.3. The molecule has 4 fully saturated rings. The molecule has 7 atom stereocenters. The molecule has 10 heteroatoms. The molecule has 0 aliphatic carbocycles. The van der Waals surface area contributed by atoms with Gasteiger partial charge in [0.15, 0.2) is 0 Å². The number of carbonyl (C=O) groups excluding carboxylic acids is 3. The Bertz CT molecular complexity index is 922. The van der Waals surface area contributed by atoms with Gasteiger partial charge in [0, 0.05) is 26.2 Å². The number of piperidine rings is 1. The van der Waals surface area contributed by atoms with Gasteiger partial charge in [-0.3, -0.25) is 24.2 Å². The molecular formula is C30H54N6O4. The molecule has 40 heavy (non-hydrogen) atoms. The maximum atomic E-state index is 14.1. The maximum Gasteiger partial charge on any atom is 0.245 e. The van der Waals surface area contributed by atoms with Crippen LogP contribution in [-0.2, 0) is 19.1 Å². The number of likely N-dealkylation sites (tertiary alicyclic amines) is 3. The van der Waals surface area contributed by atoms with Crippen LogP contribution in [-0.4, -0.2) is 120 Å². The molecule has 0 bridgehead atoms. The van der Waals surface area contributed by atoms with E-state index in [0.717, 1.165) is 64.6 Å². The van der Waals surface area contributed by atoms with Crippen molar-refractivity contribution >= 4 is 17.7 Å². The Kier molecular flexibility index (Phi) is 9.85. The van der Waals surface area contributed by atoms with E-state index in [1.165, 1.54) is 0 Å². The summed E-state index contributed by atoms with van der Waals surface area (Å²) in [6.07, 6.45) is 6.38. The maximum absolute atomic E-state index is 14.1. The third kappa shape index (κ3) is 6.82. The predicted molar refractivity (Wildman–Crippen MR) is 155 cm³/mol. The molecule has 4 aliphatic rings. The van der Waals surface area contributed by atoms with E-state index in [4.69, 9.17) is 10.5 Å². The van der Waals surface area contributed by atoms with Crippen molar-refractivity contribution in [3.63, 3.8) is 0 Å². The van der Waals surface area contributed by atoms with Gasteiger partial charge in [0.25, 0.3) is 0 Å². The monoisotopic (exact) mass is 562 g/mol. The van der Waals surface area contributed by atoms with Gasteiger partial charge in [-0.05, 0) is 70.0 Å². The number of nitrogens with zero attached hydrogens (tertiary/aromatic N) is 4. The van der Waals surface area contributed by atoms with Crippen molar-refractivity contribution in [3.05, 3.63) is 0 Å². The number of amides is 3. The first-order valence-electron chi connectivity index (χ1n) is 15.5. The Morgan fingerprint density at radius 2 is 1.65 bits per heavy atom. The summed E-state index contributed by atoms with van der Waals surface area (Å²) in [4.78, 5) is 49.4. The molecular weight excluding hydrogens is 508 g/mol. The number of ether oxygens (including phenoxy) is 1. The summed E-state index contributed by atoms with van der Waals surface area (Å²) in [7, 11) is 3.85. The molecule has 0 aromatic rings. The summed E-state index contributed by atoms with van der Waals surface area (Å²) in [5.41, 5.74) is 5.50. The van der Waals surface area contributed by atoms with Crippen LogP contribution < -0.4 is 11.1 Å². The number of hydrogen-bond donors (Lipinski definition) is 2. The molecule has 3 amide bonds. The van der Waals surface area contributed by atoms with Crippen molar-refractivity contribution in [1.82, 2.24) is 24.9 Å². The highest BCUT2D eigenvalue weighted by molar-refractivity contribution is 5.90. The highest BCUT2D eigenvalue weighted by Gasteiger charge is 2.50. The molecule has 4 aliphatic heterocycles. The van der Waals surface area contributed by atoms with Crippen LogP contribution in [0, 0.1) is 11.3 Å². The zero-order valence-electron chi connectivity index (χ0n) is 25.9. The Balaban J connectivity index is 1.44. The topological polar surface area (TPSA) is 115 Å². The van der Waals surface area contributed by atoms with Gasteiger partial charge in [0.2, 0.25) is 17.7 Å². The summed E-state index contributed by atoms with van der Waals surface area (Å²) < 4.78 is 5.54. The largest absolute Gasteiger partial charge is 0.351 e. The molecule has 4 saturated heterocycles. The van der Waals surface area contributed by atoms with Crippen molar-refractivity contribution in [2.24, 2.45) is 17.1 Å². The molecule has 0 saturated carbocycles. The molecule has 0 aromatic carbocycles. The highest BCUT2D eigenvalue weighted by atomic mass is 16.6. The number of nitrogens with two attached hydrogens (primary N) is 1. The van der Waals surface area contributed by atoms with Crippen LogP contribution >= 0.6 is 0 Å². The van der Waals surface area contributed by atoms with Crippen molar-refractivity contribution < 1.29 is 19.1 Å². The summed E-state index contributed by atoms with van der Waals surface area (Å²) in [5, 5.41) is 3.15. The first kappa shape index (κ1) is 31.2. The van der Waals surface area contributed by atoms with Crippen molar-refractivity contribution in [1.29, 1.82) is 0 Å². The molecule has 0 radical (unpaired) electrons. The minimum Gasteiger partial charge on any atom is -0.351 e. The van der Waals surface area contributed by atoms with Gasteiger partial charge >= 0.3 is 0 Å². The molecule has 3 N–H and O–H groups in total. The van der Waals surface area contributed by atoms with Gasteiger partial charge in [-0.15, -0.1) is 0 Å². The van der Waals surface area contributed by atoms with Gasteiger partial charge in [0.05, 0.1) is 18.1 Å². The SMILES string of the molecule is CC(C)C(CN1CCCC1C(=O)N1CCCC1[C@H]1OC1N)N(C)C(=O)C(NC(=O)C1CCCCN1C)C(C)(C)C. The van der Waals surface area contributed by atoms with E-state index in [2.05, 4.69) is 29.0 Å². The molecule has 0 aromatic heterocycles. The van der Waals surface area contributed by atoms with Crippen molar-refractivity contribution in [2.45, 2.75) is 122 Å². The molecule has 228 valence electrons. The second-order valence-corrected chi connectivity index (χ2v) is 14.0. The Labute approximate surface area is 241 Å². The van der Waals surface area contributed by atoms with Crippen LogP contribution in [0.3, 0.4) is 0 Å². The van der Waals surface area contributed by atoms with Gasteiger partial charge in [-0.25, -0.2) is 0 Å². The van der Waals surface area contributed by atoms with Gasteiger partial charge in [-0.1, -0.05) is 41.0 Å². The summed E-state index contributed by atoms with van der Waals surface area (Å²) in [6, 6.07) is -1.02. The average Bonchev–Trinajstić information content (AvgIpc) is 3.25. The first-order chi connectivity index (χ1) is 18.8. The summed E-state index contributed by atoms with van der Waals surface area (Å²) in [6.45, 7) is 13.4. The standard InChI is InChI=1S/C30H54N6O4/c1-19(2)23(18-35-16-10-14-22(35)28(38)36-17-11-13-20(36)24-26(31)40-24)34(7)29(39)25(30(3,4)5)32-27(37)21-12-8-9-15-33(21)6/h19-26H,8-18,31H2,1-7H3,(H,32,37)/t20?,21?,22?,23?,24-,25?,26?/m1/s1. The lowest BCUT2D eigenvalue weighted by Gasteiger charge is -2.41. The lowest BCUT2D eigenvalue weighted by atomic mass is 9.84. The number of rotatable bonds is 9. The van der Waals surface area contributed by atoms with E-state index in [1.54, 1.807) is 0 Å². The fraction of sp³-hybridized carbons (Fsp3) is 0.900. The zero-order chi connectivity index (χ0) is 29.4. The zero-order valence-corrected chi connectivity index (χ0v) is 25.9. The van der Waals surface area contributed by atoms with Crippen molar-refractivity contribution in [2.75, 3.05) is 40.3 Å². The van der Waals surface area contributed by atoms with E-state index in [-0.39, 0.29) is 60.1 Å². The van der Waals surface area contributed by atoms with Crippen LogP contribution in [0.4, 0.5) is 0 Å². The summed E-state index contributed by atoms with van der Waals surface area (Å²) >= 11 is 0. The molecule has 0 spiro atoms. The number of likely N-dealkylation sites (N-methyl/N-ethyl adjacent to an activating group) is 2. The minimum atomic E-state index is -0.634. The van der Waals surface area contributed by atoms with E-state index >= 15 is 0 Å². The van der Waals surface area contributed by atoms with Gasteiger partial charge in [0.1, 0.15) is 18.4 Å². The van der Waals surface area contributed by atoms with E-state index in [1.807, 2.05) is 44.7 Å². The van der Waals surface area contributed by atoms with Gasteiger partial charge in [-0.2, -0.15) is 0 Å². The van der Waals surface area contributed by atoms with Crippen LogP contribution in [0.15, 0.2) is 0 Å². The third-order valence-electron chi connectivity index (χ3n) is 9.68. The second-order valence-electron chi connectivity index (χ2n) is 14.0. The van der Waals surface area contributed by atoms with E-state index in [0.29, 0.717) is 6.54 Å².